The van der Waals surface area contributed by atoms with Crippen LogP contribution in [0.25, 0.3) is 10.9 Å². The van der Waals surface area contributed by atoms with Crippen molar-refractivity contribution in [2.24, 2.45) is 0 Å². The van der Waals surface area contributed by atoms with E-state index < -0.39 is 0 Å². The van der Waals surface area contributed by atoms with E-state index in [1.54, 1.807) is 12.1 Å². The number of fused-ring (bicyclic) bond motifs is 1. The Morgan fingerprint density at radius 3 is 3.00 bits per heavy atom. The molecule has 0 bridgehead atoms. The third-order valence-corrected chi connectivity index (χ3v) is 3.56. The van der Waals surface area contributed by atoms with Crippen LogP contribution in [0.1, 0.15) is 6.92 Å². The molecule has 1 aromatic carbocycles. The summed E-state index contributed by atoms with van der Waals surface area (Å²) in [5, 5.41) is 15.0. The van der Waals surface area contributed by atoms with Gasteiger partial charge in [-0.25, -0.2) is 4.98 Å². The molecule has 3 rings (SSSR count). The number of nitrogens with one attached hydrogen (secondary N) is 1. The van der Waals surface area contributed by atoms with Gasteiger partial charge in [0.1, 0.15) is 5.82 Å². The zero-order valence-corrected chi connectivity index (χ0v) is 11.2. The molecule has 0 unspecified atom stereocenters. The lowest BCUT2D eigenvalue weighted by atomic mass is 10.2. The van der Waals surface area contributed by atoms with Gasteiger partial charge in [0.25, 0.3) is 5.69 Å². The minimum atomic E-state index is -0.384. The molecule has 6 nitrogen and oxygen atoms in total. The maximum atomic E-state index is 10.8. The van der Waals surface area contributed by atoms with Crippen molar-refractivity contribution in [3.05, 3.63) is 40.4 Å². The number of hydrogen-bond acceptors (Lipinski definition) is 5. The highest BCUT2D eigenvalue weighted by Gasteiger charge is 2.17. The molecule has 20 heavy (non-hydrogen) atoms. The number of non-ortho nitro benzene ring substituents is 1. The summed E-state index contributed by atoms with van der Waals surface area (Å²) in [6.45, 7) is 4.94. The second-order valence-corrected chi connectivity index (χ2v) is 5.10. The van der Waals surface area contributed by atoms with Gasteiger partial charge in [-0.3, -0.25) is 10.1 Å². The van der Waals surface area contributed by atoms with Crippen molar-refractivity contribution < 1.29 is 4.92 Å². The summed E-state index contributed by atoms with van der Waals surface area (Å²) in [6, 6.07) is 9.05. The summed E-state index contributed by atoms with van der Waals surface area (Å²) >= 11 is 0. The maximum absolute atomic E-state index is 10.8. The van der Waals surface area contributed by atoms with Crippen LogP contribution in [-0.2, 0) is 0 Å². The molecule has 1 aliphatic heterocycles. The molecule has 0 radical (unpaired) electrons. The van der Waals surface area contributed by atoms with Gasteiger partial charge in [-0.2, -0.15) is 0 Å². The molecule has 1 fully saturated rings. The van der Waals surface area contributed by atoms with Crippen LogP contribution in [0.3, 0.4) is 0 Å². The molecule has 1 saturated heterocycles. The van der Waals surface area contributed by atoms with Gasteiger partial charge in [-0.05, 0) is 25.1 Å². The fraction of sp³-hybridized carbons (Fsp3) is 0.357. The number of piperazine rings is 1. The molecule has 2 aromatic rings. The van der Waals surface area contributed by atoms with Crippen LogP contribution in [0.2, 0.25) is 0 Å². The number of rotatable bonds is 2. The fourth-order valence-electron chi connectivity index (χ4n) is 2.53. The first-order chi connectivity index (χ1) is 9.63. The van der Waals surface area contributed by atoms with Crippen molar-refractivity contribution in [3.8, 4) is 0 Å². The van der Waals surface area contributed by atoms with Gasteiger partial charge in [0.05, 0.1) is 10.4 Å². The Labute approximate surface area is 116 Å². The number of nitrogens with zero attached hydrogens (tertiary/aromatic N) is 3. The van der Waals surface area contributed by atoms with Gasteiger partial charge in [0.2, 0.25) is 0 Å². The van der Waals surface area contributed by atoms with E-state index in [1.807, 2.05) is 12.1 Å². The van der Waals surface area contributed by atoms with E-state index in [1.165, 1.54) is 6.07 Å². The molecule has 1 aliphatic rings. The summed E-state index contributed by atoms with van der Waals surface area (Å²) < 4.78 is 0. The molecule has 1 atom stereocenters. The molecule has 6 heteroatoms. The third-order valence-electron chi connectivity index (χ3n) is 3.56. The maximum Gasteiger partial charge on any atom is 0.270 e. The van der Waals surface area contributed by atoms with E-state index in [4.69, 9.17) is 0 Å². The topological polar surface area (TPSA) is 71.3 Å². The van der Waals surface area contributed by atoms with Gasteiger partial charge < -0.3 is 10.2 Å². The minimum absolute atomic E-state index is 0.0999. The molecule has 0 saturated carbocycles. The fourth-order valence-corrected chi connectivity index (χ4v) is 2.53. The summed E-state index contributed by atoms with van der Waals surface area (Å²) in [7, 11) is 0. The second kappa shape index (κ2) is 5.05. The summed E-state index contributed by atoms with van der Waals surface area (Å²) in [4.78, 5) is 17.2. The minimum Gasteiger partial charge on any atom is -0.354 e. The molecule has 0 amide bonds. The normalized spacial score (nSPS) is 19.2. The lowest BCUT2D eigenvalue weighted by molar-refractivity contribution is -0.384. The quantitative estimate of drug-likeness (QED) is 0.668. The van der Waals surface area contributed by atoms with Gasteiger partial charge in [-0.15, -0.1) is 0 Å². The van der Waals surface area contributed by atoms with E-state index in [0.717, 1.165) is 36.4 Å². The SMILES string of the molecule is C[C@@H]1CN(c2ccc3cc([N+](=O)[O-])ccc3n2)CCN1. The molecule has 2 heterocycles. The summed E-state index contributed by atoms with van der Waals surface area (Å²) in [5.41, 5.74) is 0.891. The van der Waals surface area contributed by atoms with E-state index in [9.17, 15) is 10.1 Å². The second-order valence-electron chi connectivity index (χ2n) is 5.10. The first-order valence-corrected chi connectivity index (χ1v) is 6.67. The lowest BCUT2D eigenvalue weighted by Gasteiger charge is -2.32. The number of benzene rings is 1. The van der Waals surface area contributed by atoms with Crippen molar-refractivity contribution in [3.63, 3.8) is 0 Å². The number of nitro groups is 1. The number of pyridine rings is 1. The molecular formula is C14H16N4O2. The predicted octanol–water partition coefficient (Wildman–Crippen LogP) is 1.94. The highest BCUT2D eigenvalue weighted by atomic mass is 16.6. The van der Waals surface area contributed by atoms with E-state index in [-0.39, 0.29) is 10.6 Å². The van der Waals surface area contributed by atoms with Gasteiger partial charge >= 0.3 is 0 Å². The van der Waals surface area contributed by atoms with Crippen molar-refractivity contribution in [2.75, 3.05) is 24.5 Å². The summed E-state index contributed by atoms with van der Waals surface area (Å²) in [5.74, 6) is 0.930. The number of anilines is 1. The van der Waals surface area contributed by atoms with Crippen molar-refractivity contribution >= 4 is 22.4 Å². The first-order valence-electron chi connectivity index (χ1n) is 6.67. The zero-order chi connectivity index (χ0) is 14.1. The number of hydrogen-bond donors (Lipinski definition) is 1. The van der Waals surface area contributed by atoms with Crippen LogP contribution >= 0.6 is 0 Å². The molecule has 0 aliphatic carbocycles. The standard InChI is InChI=1S/C14H16N4O2/c1-10-9-17(7-6-15-10)14-5-2-11-8-12(18(19)20)3-4-13(11)16-14/h2-5,8,10,15H,6-7,9H2,1H3/t10-/m1/s1. The molecule has 104 valence electrons. The average Bonchev–Trinajstić information content (AvgIpc) is 2.46. The number of aromatic nitrogens is 1. The molecule has 1 aromatic heterocycles. The Morgan fingerprint density at radius 2 is 2.25 bits per heavy atom. The van der Waals surface area contributed by atoms with E-state index >= 15 is 0 Å². The zero-order valence-electron chi connectivity index (χ0n) is 11.2. The van der Waals surface area contributed by atoms with Crippen LogP contribution in [0.5, 0.6) is 0 Å². The van der Waals surface area contributed by atoms with Crippen molar-refractivity contribution in [1.29, 1.82) is 0 Å². The Hall–Kier alpha value is -2.21. The van der Waals surface area contributed by atoms with E-state index in [0.29, 0.717) is 6.04 Å². The van der Waals surface area contributed by atoms with Crippen LogP contribution in [0.15, 0.2) is 30.3 Å². The highest BCUT2D eigenvalue weighted by Crippen LogP contribution is 2.23. The average molecular weight is 272 g/mol. The van der Waals surface area contributed by atoms with Crippen LogP contribution < -0.4 is 10.2 Å². The van der Waals surface area contributed by atoms with E-state index in [2.05, 4.69) is 22.1 Å². The van der Waals surface area contributed by atoms with Crippen LogP contribution in [0, 0.1) is 10.1 Å². The lowest BCUT2D eigenvalue weighted by Crippen LogP contribution is -2.49. The monoisotopic (exact) mass is 272 g/mol. The number of nitro benzene ring substituents is 1. The van der Waals surface area contributed by atoms with Crippen LogP contribution in [0.4, 0.5) is 11.5 Å². The molecular weight excluding hydrogens is 256 g/mol. The predicted molar refractivity (Wildman–Crippen MR) is 78.1 cm³/mol. The van der Waals surface area contributed by atoms with Gasteiger partial charge in [0.15, 0.2) is 0 Å². The first kappa shape index (κ1) is 12.8. The van der Waals surface area contributed by atoms with Gasteiger partial charge in [0, 0.05) is 43.2 Å². The summed E-state index contributed by atoms with van der Waals surface area (Å²) in [6.07, 6.45) is 0. The molecule has 0 spiro atoms. The van der Waals surface area contributed by atoms with Crippen molar-refractivity contribution in [2.45, 2.75) is 13.0 Å². The Kier molecular flexibility index (Phi) is 3.23. The Morgan fingerprint density at radius 1 is 1.40 bits per heavy atom. The third kappa shape index (κ3) is 2.42. The van der Waals surface area contributed by atoms with Crippen molar-refractivity contribution in [1.82, 2.24) is 10.3 Å². The van der Waals surface area contributed by atoms with Gasteiger partial charge in [-0.1, -0.05) is 0 Å². The smallest absolute Gasteiger partial charge is 0.270 e. The Bertz CT molecular complexity index is 659. The Balaban J connectivity index is 1.94. The van der Waals surface area contributed by atoms with Crippen LogP contribution in [-0.4, -0.2) is 35.6 Å². The largest absolute Gasteiger partial charge is 0.354 e. The highest BCUT2D eigenvalue weighted by molar-refractivity contribution is 5.82. The molecule has 1 N–H and O–H groups in total.